The van der Waals surface area contributed by atoms with Crippen molar-refractivity contribution in [1.29, 1.82) is 0 Å². The molecule has 1 saturated heterocycles. The Bertz CT molecular complexity index is 394. The number of rotatable bonds is 4. The van der Waals surface area contributed by atoms with E-state index in [-0.39, 0.29) is 0 Å². The van der Waals surface area contributed by atoms with Crippen molar-refractivity contribution in [3.8, 4) is 0 Å². The quantitative estimate of drug-likeness (QED) is 0.891. The van der Waals surface area contributed by atoms with E-state index in [2.05, 4.69) is 37.4 Å². The van der Waals surface area contributed by atoms with E-state index in [0.29, 0.717) is 11.5 Å². The van der Waals surface area contributed by atoms with Crippen LogP contribution in [0.1, 0.15) is 44.0 Å². The molecule has 1 atom stereocenters. The molecule has 4 nitrogen and oxygen atoms in total. The Morgan fingerprint density at radius 1 is 1.50 bits per heavy atom. The number of nitrogens with zero attached hydrogens (tertiary/aromatic N) is 2. The molecule has 1 aliphatic rings. The summed E-state index contributed by atoms with van der Waals surface area (Å²) in [6.45, 7) is 9.49. The van der Waals surface area contributed by atoms with E-state index in [4.69, 9.17) is 4.74 Å². The molecule has 1 aliphatic heterocycles. The van der Waals surface area contributed by atoms with Crippen LogP contribution in [0.4, 0.5) is 0 Å². The molecular formula is C14H25N3O. The Hall–Kier alpha value is -0.870. The van der Waals surface area contributed by atoms with E-state index in [1.54, 1.807) is 0 Å². The van der Waals surface area contributed by atoms with E-state index >= 15 is 0 Å². The summed E-state index contributed by atoms with van der Waals surface area (Å²) in [5.74, 6) is 0. The first-order chi connectivity index (χ1) is 8.50. The zero-order valence-corrected chi connectivity index (χ0v) is 12.0. The smallest absolute Gasteiger partial charge is 0.0641 e. The topological polar surface area (TPSA) is 39.1 Å². The molecule has 18 heavy (non-hydrogen) atoms. The third kappa shape index (κ3) is 3.12. The van der Waals surface area contributed by atoms with Crippen molar-refractivity contribution in [2.75, 3.05) is 19.8 Å². The van der Waals surface area contributed by atoms with Crippen LogP contribution < -0.4 is 5.32 Å². The van der Waals surface area contributed by atoms with Gasteiger partial charge in [-0.2, -0.15) is 5.10 Å². The minimum Gasteiger partial charge on any atom is -0.381 e. The summed E-state index contributed by atoms with van der Waals surface area (Å²) in [4.78, 5) is 0. The molecule has 1 aromatic rings. The highest BCUT2D eigenvalue weighted by Gasteiger charge is 2.27. The Kier molecular flexibility index (Phi) is 4.07. The molecule has 0 radical (unpaired) electrons. The van der Waals surface area contributed by atoms with Crippen LogP contribution in [0.25, 0.3) is 0 Å². The predicted molar refractivity (Wildman–Crippen MR) is 72.5 cm³/mol. The van der Waals surface area contributed by atoms with Crippen LogP contribution in [0.3, 0.4) is 0 Å². The van der Waals surface area contributed by atoms with Gasteiger partial charge in [-0.1, -0.05) is 6.92 Å². The number of aromatic nitrogens is 2. The number of aryl methyl sites for hydroxylation is 2. The normalized spacial score (nSPS) is 20.9. The van der Waals surface area contributed by atoms with Crippen molar-refractivity contribution in [2.45, 2.75) is 39.7 Å². The second-order valence-electron chi connectivity index (χ2n) is 5.87. The fourth-order valence-electron chi connectivity index (χ4n) is 2.59. The summed E-state index contributed by atoms with van der Waals surface area (Å²) in [6, 6.07) is 0.360. The van der Waals surface area contributed by atoms with Gasteiger partial charge in [0.05, 0.1) is 5.69 Å². The van der Waals surface area contributed by atoms with Gasteiger partial charge in [-0.3, -0.25) is 4.68 Å². The van der Waals surface area contributed by atoms with Gasteiger partial charge in [0.2, 0.25) is 0 Å². The average Bonchev–Trinajstić information content (AvgIpc) is 2.67. The first kappa shape index (κ1) is 13.6. The van der Waals surface area contributed by atoms with Gasteiger partial charge in [0, 0.05) is 44.6 Å². The molecule has 1 aromatic heterocycles. The van der Waals surface area contributed by atoms with Gasteiger partial charge < -0.3 is 10.1 Å². The largest absolute Gasteiger partial charge is 0.381 e. The van der Waals surface area contributed by atoms with Crippen molar-refractivity contribution in [3.63, 3.8) is 0 Å². The molecule has 4 heteroatoms. The molecule has 0 bridgehead atoms. The third-order valence-corrected chi connectivity index (χ3v) is 4.05. The van der Waals surface area contributed by atoms with E-state index in [0.717, 1.165) is 38.3 Å². The van der Waals surface area contributed by atoms with Gasteiger partial charge >= 0.3 is 0 Å². The summed E-state index contributed by atoms with van der Waals surface area (Å²) in [6.07, 6.45) is 4.41. The number of hydrogen-bond donors (Lipinski definition) is 1. The number of nitrogens with one attached hydrogen (secondary N) is 1. The van der Waals surface area contributed by atoms with Crippen molar-refractivity contribution >= 4 is 0 Å². The number of hydrogen-bond acceptors (Lipinski definition) is 3. The Morgan fingerprint density at radius 3 is 2.72 bits per heavy atom. The summed E-state index contributed by atoms with van der Waals surface area (Å²) in [5.41, 5.74) is 2.80. The van der Waals surface area contributed by atoms with Crippen molar-refractivity contribution in [3.05, 3.63) is 17.5 Å². The van der Waals surface area contributed by atoms with Gasteiger partial charge in [-0.05, 0) is 32.1 Å². The molecule has 0 amide bonds. The highest BCUT2D eigenvalue weighted by atomic mass is 16.5. The minimum atomic E-state index is 0.360. The second kappa shape index (κ2) is 5.41. The minimum absolute atomic E-state index is 0.360. The van der Waals surface area contributed by atoms with E-state index in [1.807, 2.05) is 11.7 Å². The maximum atomic E-state index is 5.44. The summed E-state index contributed by atoms with van der Waals surface area (Å²) in [7, 11) is 1.98. The van der Waals surface area contributed by atoms with Gasteiger partial charge in [0.15, 0.2) is 0 Å². The zero-order valence-electron chi connectivity index (χ0n) is 12.0. The third-order valence-electron chi connectivity index (χ3n) is 4.05. The molecular weight excluding hydrogens is 226 g/mol. The lowest BCUT2D eigenvalue weighted by Crippen LogP contribution is -2.37. The van der Waals surface area contributed by atoms with E-state index in [1.165, 1.54) is 5.56 Å². The molecule has 2 rings (SSSR count). The molecule has 0 spiro atoms. The van der Waals surface area contributed by atoms with Crippen molar-refractivity contribution in [2.24, 2.45) is 12.5 Å². The fraction of sp³-hybridized carbons (Fsp3) is 0.786. The molecule has 102 valence electrons. The molecule has 1 fully saturated rings. The van der Waals surface area contributed by atoms with Gasteiger partial charge in [0.25, 0.3) is 0 Å². The molecule has 0 aliphatic carbocycles. The van der Waals surface area contributed by atoms with Gasteiger partial charge in [-0.15, -0.1) is 0 Å². The van der Waals surface area contributed by atoms with Crippen LogP contribution in [0.2, 0.25) is 0 Å². The predicted octanol–water partition coefficient (Wildman–Crippen LogP) is 2.20. The Morgan fingerprint density at radius 2 is 2.17 bits per heavy atom. The Labute approximate surface area is 110 Å². The maximum absolute atomic E-state index is 5.44. The highest BCUT2D eigenvalue weighted by molar-refractivity contribution is 5.19. The van der Waals surface area contributed by atoms with E-state index in [9.17, 15) is 0 Å². The SMILES string of the molecule is Cc1nn(C)cc1C(C)NCC1(C)CCOCC1. The molecule has 1 unspecified atom stereocenters. The first-order valence-electron chi connectivity index (χ1n) is 6.81. The summed E-state index contributed by atoms with van der Waals surface area (Å²) in [5, 5.41) is 8.06. The molecule has 0 saturated carbocycles. The van der Waals surface area contributed by atoms with Crippen LogP contribution >= 0.6 is 0 Å². The fourth-order valence-corrected chi connectivity index (χ4v) is 2.59. The van der Waals surface area contributed by atoms with Crippen LogP contribution in [0.5, 0.6) is 0 Å². The first-order valence-corrected chi connectivity index (χ1v) is 6.81. The summed E-state index contributed by atoms with van der Waals surface area (Å²) >= 11 is 0. The van der Waals surface area contributed by atoms with Crippen LogP contribution in [-0.4, -0.2) is 29.5 Å². The average molecular weight is 251 g/mol. The molecule has 1 N–H and O–H groups in total. The lowest BCUT2D eigenvalue weighted by atomic mass is 9.82. The molecule has 2 heterocycles. The van der Waals surface area contributed by atoms with E-state index < -0.39 is 0 Å². The number of ether oxygens (including phenoxy) is 1. The van der Waals surface area contributed by atoms with Crippen molar-refractivity contribution in [1.82, 2.24) is 15.1 Å². The summed E-state index contributed by atoms with van der Waals surface area (Å²) < 4.78 is 7.33. The van der Waals surface area contributed by atoms with Crippen LogP contribution in [0, 0.1) is 12.3 Å². The monoisotopic (exact) mass is 251 g/mol. The lowest BCUT2D eigenvalue weighted by molar-refractivity contribution is 0.0231. The van der Waals surface area contributed by atoms with Crippen LogP contribution in [-0.2, 0) is 11.8 Å². The van der Waals surface area contributed by atoms with Gasteiger partial charge in [-0.25, -0.2) is 0 Å². The zero-order chi connectivity index (χ0) is 13.2. The van der Waals surface area contributed by atoms with Crippen LogP contribution in [0.15, 0.2) is 6.20 Å². The Balaban J connectivity index is 1.91. The standard InChI is InChI=1S/C14H25N3O/c1-11(13-9-17(4)16-12(13)2)15-10-14(3)5-7-18-8-6-14/h9,11,15H,5-8,10H2,1-4H3. The second-order valence-corrected chi connectivity index (χ2v) is 5.87. The maximum Gasteiger partial charge on any atom is 0.0641 e. The lowest BCUT2D eigenvalue weighted by Gasteiger charge is -2.34. The molecule has 0 aromatic carbocycles. The highest BCUT2D eigenvalue weighted by Crippen LogP contribution is 2.29. The van der Waals surface area contributed by atoms with Crippen molar-refractivity contribution < 1.29 is 4.74 Å². The van der Waals surface area contributed by atoms with Gasteiger partial charge in [0.1, 0.15) is 0 Å².